The van der Waals surface area contributed by atoms with Crippen LogP contribution in [0.5, 0.6) is 0 Å². The fourth-order valence-corrected chi connectivity index (χ4v) is 7.96. The lowest BCUT2D eigenvalue weighted by atomic mass is 9.89. The Morgan fingerprint density at radius 2 is 1.65 bits per heavy atom. The van der Waals surface area contributed by atoms with E-state index in [-0.39, 0.29) is 42.8 Å². The van der Waals surface area contributed by atoms with E-state index in [1.807, 2.05) is 81.4 Å². The number of hydroxylamine groups is 1. The van der Waals surface area contributed by atoms with E-state index in [4.69, 9.17) is 9.47 Å². The first-order chi connectivity index (χ1) is 27.3. The highest BCUT2D eigenvalue weighted by Crippen LogP contribution is 2.42. The summed E-state index contributed by atoms with van der Waals surface area (Å²) in [6, 6.07) is 25.9. The monoisotopic (exact) mass is 778 g/mol. The highest BCUT2D eigenvalue weighted by Gasteiger charge is 2.44. The van der Waals surface area contributed by atoms with Crippen molar-refractivity contribution in [2.45, 2.75) is 83.7 Å². The molecule has 1 saturated carbocycles. The molecule has 1 unspecified atom stereocenters. The molecule has 1 aromatic heterocycles. The largest absolute Gasteiger partial charge is 0.619 e. The first kappa shape index (κ1) is 39.8. The fourth-order valence-electron chi connectivity index (χ4n) is 7.96. The van der Waals surface area contributed by atoms with Gasteiger partial charge in [-0.3, -0.25) is 19.2 Å². The Labute approximate surface area is 333 Å². The molecule has 4 aromatic rings. The van der Waals surface area contributed by atoms with Gasteiger partial charge in [0.15, 0.2) is 6.67 Å². The summed E-state index contributed by atoms with van der Waals surface area (Å²) in [6.45, 7) is 9.04. The van der Waals surface area contributed by atoms with Gasteiger partial charge in [0, 0.05) is 50.9 Å². The third-order valence-electron chi connectivity index (χ3n) is 10.9. The molecule has 3 amide bonds. The lowest BCUT2D eigenvalue weighted by molar-refractivity contribution is 0.0417. The molecule has 1 saturated heterocycles. The molecule has 0 bridgehead atoms. The van der Waals surface area contributed by atoms with Crippen LogP contribution in [0.1, 0.15) is 74.4 Å². The van der Waals surface area contributed by atoms with Crippen LogP contribution in [-0.2, 0) is 22.6 Å². The van der Waals surface area contributed by atoms with Crippen LogP contribution in [0.2, 0.25) is 0 Å². The van der Waals surface area contributed by atoms with Crippen LogP contribution in [0.4, 0.5) is 25.5 Å². The van der Waals surface area contributed by atoms with Crippen LogP contribution in [0.3, 0.4) is 0 Å². The molecule has 3 aromatic carbocycles. The van der Waals surface area contributed by atoms with Crippen molar-refractivity contribution in [3.63, 3.8) is 0 Å². The summed E-state index contributed by atoms with van der Waals surface area (Å²) in [5, 5.41) is 18.0. The number of alkyl carbamates (subject to hydrolysis) is 1. The second-order valence-electron chi connectivity index (χ2n) is 16.2. The summed E-state index contributed by atoms with van der Waals surface area (Å²) < 4.78 is 24.5. The molecule has 12 nitrogen and oxygen atoms in total. The Balaban J connectivity index is 1.01. The number of hydrogen-bond acceptors (Lipinski definition) is 8. The molecule has 13 heteroatoms. The van der Waals surface area contributed by atoms with Crippen LogP contribution in [0.15, 0.2) is 91.1 Å². The molecule has 2 fully saturated rings. The van der Waals surface area contributed by atoms with E-state index in [0.717, 1.165) is 60.6 Å². The summed E-state index contributed by atoms with van der Waals surface area (Å²) in [6.07, 6.45) is 3.40. The summed E-state index contributed by atoms with van der Waals surface area (Å²) in [4.78, 5) is 48.9. The Morgan fingerprint density at radius 3 is 2.39 bits per heavy atom. The smallest absolute Gasteiger partial charge is 0.410 e. The predicted molar refractivity (Wildman–Crippen MR) is 215 cm³/mol. The maximum Gasteiger partial charge on any atom is 0.410 e. The number of carbonyl (C=O) groups excluding carboxylic acids is 3. The highest BCUT2D eigenvalue weighted by molar-refractivity contribution is 6.01. The van der Waals surface area contributed by atoms with Crippen LogP contribution >= 0.6 is 0 Å². The average Bonchev–Trinajstić information content (AvgIpc) is 3.44. The zero-order chi connectivity index (χ0) is 40.2. The maximum atomic E-state index is 15.1. The number of carbonyl (C=O) groups is 3. The number of nitrogens with one attached hydrogen (secondary N) is 1. The number of amides is 3. The molecule has 0 spiro atoms. The van der Waals surface area contributed by atoms with E-state index in [0.29, 0.717) is 44.5 Å². The summed E-state index contributed by atoms with van der Waals surface area (Å²) in [5.74, 6) is -1.14. The number of benzene rings is 3. The molecule has 3 heterocycles. The molecule has 0 radical (unpaired) electrons. The number of aromatic nitrogens is 1. The van der Waals surface area contributed by atoms with Gasteiger partial charge in [0.05, 0.1) is 6.20 Å². The van der Waals surface area contributed by atoms with Crippen molar-refractivity contribution in [2.24, 2.45) is 0 Å². The molecular weight excluding hydrogens is 728 g/mol. The number of halogens is 1. The van der Waals surface area contributed by atoms with Crippen LogP contribution in [0.25, 0.3) is 11.1 Å². The van der Waals surface area contributed by atoms with Gasteiger partial charge in [-0.15, -0.1) is 0 Å². The number of ether oxygens (including phenoxy) is 2. The van der Waals surface area contributed by atoms with E-state index in [1.165, 1.54) is 0 Å². The zero-order valence-corrected chi connectivity index (χ0v) is 32.9. The van der Waals surface area contributed by atoms with Crippen molar-refractivity contribution in [3.8, 4) is 11.1 Å². The van der Waals surface area contributed by atoms with E-state index in [9.17, 15) is 18.8 Å². The Hall–Kier alpha value is -5.37. The first-order valence-electron chi connectivity index (χ1n) is 19.8. The fraction of sp³-hybridized carbons (Fsp3) is 0.409. The van der Waals surface area contributed by atoms with E-state index < -0.39 is 28.1 Å². The minimum atomic E-state index is -1.05. The number of pyridine rings is 1. The molecule has 2 aliphatic heterocycles. The minimum Gasteiger partial charge on any atom is -0.619 e. The van der Waals surface area contributed by atoms with E-state index in [2.05, 4.69) is 27.3 Å². The highest BCUT2D eigenvalue weighted by atomic mass is 19.1. The summed E-state index contributed by atoms with van der Waals surface area (Å²) in [7, 11) is 0. The van der Waals surface area contributed by atoms with Gasteiger partial charge in [0.25, 0.3) is 5.91 Å². The van der Waals surface area contributed by atoms with Crippen molar-refractivity contribution in [3.05, 3.63) is 119 Å². The molecular formula is C44H51FN6O6. The quantitative estimate of drug-likeness (QED) is 0.140. The predicted octanol–water partition coefficient (Wildman–Crippen LogP) is 8.12. The lowest BCUT2D eigenvalue weighted by Crippen LogP contribution is -2.58. The van der Waals surface area contributed by atoms with Gasteiger partial charge in [-0.25, -0.2) is 19.0 Å². The van der Waals surface area contributed by atoms with Crippen molar-refractivity contribution >= 4 is 29.6 Å². The van der Waals surface area contributed by atoms with Gasteiger partial charge >= 0.3 is 12.2 Å². The lowest BCUT2D eigenvalue weighted by Gasteiger charge is -2.49. The third-order valence-corrected chi connectivity index (χ3v) is 10.9. The number of quaternary nitrogens is 1. The average molecular weight is 779 g/mol. The van der Waals surface area contributed by atoms with Crippen molar-refractivity contribution in [2.75, 3.05) is 32.8 Å². The Kier molecular flexibility index (Phi) is 11.9. The number of nitrogens with zero attached hydrogens (tertiary/aromatic N) is 5. The molecule has 300 valence electrons. The van der Waals surface area contributed by atoms with Gasteiger partial charge in [-0.2, -0.15) is 0 Å². The van der Waals surface area contributed by atoms with Crippen molar-refractivity contribution in [1.29, 1.82) is 0 Å². The van der Waals surface area contributed by atoms with E-state index >= 15 is 5.21 Å². The summed E-state index contributed by atoms with van der Waals surface area (Å²) in [5.41, 5.74) is 3.56. The number of fused-ring (bicyclic) bond motifs is 1. The van der Waals surface area contributed by atoms with Crippen molar-refractivity contribution in [1.82, 2.24) is 29.6 Å². The minimum absolute atomic E-state index is 0.0362. The molecule has 57 heavy (non-hydrogen) atoms. The van der Waals surface area contributed by atoms with Crippen LogP contribution in [-0.4, -0.2) is 88.3 Å². The van der Waals surface area contributed by atoms with Gasteiger partial charge in [0.2, 0.25) is 5.82 Å². The molecule has 1 N–H and O–H groups in total. The number of rotatable bonds is 8. The van der Waals surface area contributed by atoms with Gasteiger partial charge < -0.3 is 24.9 Å². The van der Waals surface area contributed by atoms with E-state index in [1.54, 1.807) is 15.9 Å². The van der Waals surface area contributed by atoms with Gasteiger partial charge in [0.1, 0.15) is 29.3 Å². The number of hydrogen-bond donors (Lipinski definition) is 1. The normalized spacial score (nSPS) is 21.7. The molecule has 1 aliphatic carbocycles. The Morgan fingerprint density at radius 1 is 0.895 bits per heavy atom. The third kappa shape index (κ3) is 9.61. The zero-order valence-electron chi connectivity index (χ0n) is 32.9. The van der Waals surface area contributed by atoms with Crippen molar-refractivity contribution < 1.29 is 28.2 Å². The van der Waals surface area contributed by atoms with Gasteiger partial charge in [-0.1, -0.05) is 66.7 Å². The topological polar surface area (TPSA) is 127 Å². The standard InChI is InChI=1S/C44H51FN6O6/c1-44(2,3)57-42(53)47-36-17-19-37(20-18-36)50-30-51(55,40-39(41(50)52)26-35(45)27-46-40)38-12-7-11-34(25-38)33-15-13-31(14-16-33)28-48-21-8-22-49(24-23-48)43(54)56-29-32-9-5-4-6-10-32/h4-7,9-16,25-27,36-37H,8,17-24,28-30H2,1-3H3,(H,47,53). The van der Waals surface area contributed by atoms with Gasteiger partial charge in [-0.05, 0) is 87.3 Å². The van der Waals surface area contributed by atoms with Crippen LogP contribution < -0.4 is 9.96 Å². The molecule has 7 rings (SSSR count). The second kappa shape index (κ2) is 17.0. The Bertz CT molecular complexity index is 2050. The second-order valence-corrected chi connectivity index (χ2v) is 16.2. The summed E-state index contributed by atoms with van der Waals surface area (Å²) >= 11 is 0. The SMILES string of the molecule is CC(C)(C)OC(=O)NC1CCC(N2C[N+]([O-])(c3cccc(-c4ccc(CN5CCCN(C(=O)OCc6ccccc6)CC5)cc4)c3)c3ncc(F)cc3C2=O)CC1. The maximum absolute atomic E-state index is 15.1. The molecule has 3 aliphatic rings. The molecule has 1 atom stereocenters. The first-order valence-corrected chi connectivity index (χ1v) is 19.8. The van der Waals surface area contributed by atoms with Crippen LogP contribution in [0, 0.1) is 11.0 Å².